The first-order valence-corrected chi connectivity index (χ1v) is 12.7. The van der Waals surface area contributed by atoms with Crippen LogP contribution in [0, 0.1) is 5.92 Å². The number of amides is 3. The van der Waals surface area contributed by atoms with Crippen LogP contribution in [0.1, 0.15) is 41.0 Å². The second kappa shape index (κ2) is 15.0. The molecule has 2 heterocycles. The van der Waals surface area contributed by atoms with E-state index in [1.54, 1.807) is 29.2 Å². The van der Waals surface area contributed by atoms with Crippen molar-refractivity contribution in [3.8, 4) is 0 Å². The van der Waals surface area contributed by atoms with Crippen LogP contribution in [0.2, 0.25) is 0 Å². The molecule has 36 heavy (non-hydrogen) atoms. The molecule has 2 aliphatic rings. The average Bonchev–Trinajstić information content (AvgIpc) is 3.14. The lowest BCUT2D eigenvalue weighted by molar-refractivity contribution is -0.139. The van der Waals surface area contributed by atoms with Crippen molar-refractivity contribution in [3.63, 3.8) is 0 Å². The van der Waals surface area contributed by atoms with E-state index in [4.69, 9.17) is 23.7 Å². The van der Waals surface area contributed by atoms with E-state index in [1.807, 2.05) is 13.8 Å². The number of carbonyl (C=O) groups excluding carboxylic acids is 3. The van der Waals surface area contributed by atoms with E-state index in [2.05, 4.69) is 0 Å². The van der Waals surface area contributed by atoms with Crippen LogP contribution >= 0.6 is 0 Å². The van der Waals surface area contributed by atoms with Gasteiger partial charge in [0.1, 0.15) is 6.04 Å². The molecule has 2 atom stereocenters. The molecule has 10 heteroatoms. The Labute approximate surface area is 212 Å². The first-order chi connectivity index (χ1) is 17.6. The molecule has 0 unspecified atom stereocenters. The van der Waals surface area contributed by atoms with Crippen LogP contribution in [0.3, 0.4) is 0 Å². The maximum atomic E-state index is 13.9. The molecular weight excluding hydrogens is 468 g/mol. The minimum absolute atomic E-state index is 0.224. The quantitative estimate of drug-likeness (QED) is 0.568. The fourth-order valence-electron chi connectivity index (χ4n) is 4.14. The minimum atomic E-state index is -0.910. The standard InChI is InChI=1S/C26H38N2O8/c1-3-20(2)23(28-24(29)21-6-4-5-7-22(21)25(28)30)26(31)27-8-10-32-12-14-34-16-18-36-19-17-35-15-13-33-11-9-27/h4-7,20,23H,3,8-19H2,1-2H3/t20-,23+/m1/s1. The zero-order chi connectivity index (χ0) is 25.8. The summed E-state index contributed by atoms with van der Waals surface area (Å²) in [6.07, 6.45) is 0.628. The molecule has 1 fully saturated rings. The van der Waals surface area contributed by atoms with Crippen molar-refractivity contribution in [2.45, 2.75) is 26.3 Å². The Balaban J connectivity index is 1.71. The van der Waals surface area contributed by atoms with Crippen molar-refractivity contribution in [1.82, 2.24) is 9.80 Å². The molecule has 10 nitrogen and oxygen atoms in total. The van der Waals surface area contributed by atoms with Gasteiger partial charge in [0.15, 0.2) is 0 Å². The lowest BCUT2D eigenvalue weighted by atomic mass is 9.96. The minimum Gasteiger partial charge on any atom is -0.377 e. The lowest BCUT2D eigenvalue weighted by Gasteiger charge is -2.34. The van der Waals surface area contributed by atoms with Crippen molar-refractivity contribution < 1.29 is 38.1 Å². The third-order valence-electron chi connectivity index (χ3n) is 6.35. The third-order valence-corrected chi connectivity index (χ3v) is 6.35. The molecule has 200 valence electrons. The molecule has 2 aliphatic heterocycles. The van der Waals surface area contributed by atoms with E-state index >= 15 is 0 Å². The highest BCUT2D eigenvalue weighted by atomic mass is 16.6. The Morgan fingerprint density at radius 3 is 1.53 bits per heavy atom. The zero-order valence-electron chi connectivity index (χ0n) is 21.3. The first kappa shape index (κ1) is 28.2. The summed E-state index contributed by atoms with van der Waals surface area (Å²) in [5, 5.41) is 0. The van der Waals surface area contributed by atoms with Crippen molar-refractivity contribution in [2.24, 2.45) is 5.92 Å². The maximum absolute atomic E-state index is 13.9. The third kappa shape index (κ3) is 7.57. The number of fused-ring (bicyclic) bond motifs is 1. The number of carbonyl (C=O) groups is 3. The highest BCUT2D eigenvalue weighted by Gasteiger charge is 2.45. The number of rotatable bonds is 4. The lowest BCUT2D eigenvalue weighted by Crippen LogP contribution is -2.55. The largest absolute Gasteiger partial charge is 0.377 e. The Bertz CT molecular complexity index is 811. The van der Waals surface area contributed by atoms with Crippen LogP contribution in [0.5, 0.6) is 0 Å². The summed E-state index contributed by atoms with van der Waals surface area (Å²) in [4.78, 5) is 43.0. The van der Waals surface area contributed by atoms with E-state index < -0.39 is 17.9 Å². The Kier molecular flexibility index (Phi) is 11.8. The molecule has 0 aromatic heterocycles. The molecular formula is C26H38N2O8. The van der Waals surface area contributed by atoms with E-state index in [0.29, 0.717) is 96.7 Å². The number of hydrogen-bond donors (Lipinski definition) is 0. The zero-order valence-corrected chi connectivity index (χ0v) is 21.3. The van der Waals surface area contributed by atoms with Crippen molar-refractivity contribution >= 4 is 17.7 Å². The normalized spacial score (nSPS) is 21.4. The predicted octanol–water partition coefficient (Wildman–Crippen LogP) is 1.62. The summed E-state index contributed by atoms with van der Waals surface area (Å²) >= 11 is 0. The fraction of sp³-hybridized carbons (Fsp3) is 0.654. The molecule has 1 saturated heterocycles. The summed E-state index contributed by atoms with van der Waals surface area (Å²) in [6, 6.07) is 5.78. The van der Waals surface area contributed by atoms with Gasteiger partial charge in [0.2, 0.25) is 5.91 Å². The number of imide groups is 1. The van der Waals surface area contributed by atoms with Gasteiger partial charge in [-0.15, -0.1) is 0 Å². The summed E-state index contributed by atoms with van der Waals surface area (Å²) in [5.41, 5.74) is 0.667. The number of benzene rings is 1. The summed E-state index contributed by atoms with van der Waals surface area (Å²) < 4.78 is 27.7. The maximum Gasteiger partial charge on any atom is 0.262 e. The van der Waals surface area contributed by atoms with Gasteiger partial charge >= 0.3 is 0 Å². The van der Waals surface area contributed by atoms with Gasteiger partial charge in [-0.2, -0.15) is 0 Å². The van der Waals surface area contributed by atoms with Gasteiger partial charge in [-0.3, -0.25) is 19.3 Å². The molecule has 1 aromatic rings. The summed E-state index contributed by atoms with van der Waals surface area (Å²) in [6.45, 7) is 8.53. The SMILES string of the molecule is CC[C@@H](C)[C@@H](C(=O)N1CCOCCOCCOCCOCCOCC1)N1C(=O)c2ccccc2C1=O. The Morgan fingerprint density at radius 1 is 0.750 bits per heavy atom. The Morgan fingerprint density at radius 2 is 1.14 bits per heavy atom. The molecule has 0 saturated carbocycles. The van der Waals surface area contributed by atoms with E-state index in [1.165, 1.54) is 0 Å². The summed E-state index contributed by atoms with van der Waals surface area (Å²) in [7, 11) is 0. The van der Waals surface area contributed by atoms with Gasteiger partial charge in [0.25, 0.3) is 11.8 Å². The van der Waals surface area contributed by atoms with E-state index in [9.17, 15) is 14.4 Å². The smallest absolute Gasteiger partial charge is 0.262 e. The van der Waals surface area contributed by atoms with Crippen LogP contribution in [0.15, 0.2) is 24.3 Å². The highest BCUT2D eigenvalue weighted by molar-refractivity contribution is 6.22. The molecule has 0 radical (unpaired) electrons. The number of ether oxygens (including phenoxy) is 5. The number of nitrogens with zero attached hydrogens (tertiary/aromatic N) is 2. The Hall–Kier alpha value is -2.37. The van der Waals surface area contributed by atoms with Crippen LogP contribution in [0.4, 0.5) is 0 Å². The van der Waals surface area contributed by atoms with E-state index in [-0.39, 0.29) is 11.8 Å². The topological polar surface area (TPSA) is 104 Å². The van der Waals surface area contributed by atoms with Crippen molar-refractivity contribution in [1.29, 1.82) is 0 Å². The second-order valence-electron chi connectivity index (χ2n) is 8.74. The number of hydrogen-bond acceptors (Lipinski definition) is 8. The molecule has 0 N–H and O–H groups in total. The van der Waals surface area contributed by atoms with Gasteiger partial charge in [-0.05, 0) is 18.1 Å². The van der Waals surface area contributed by atoms with Gasteiger partial charge in [-0.1, -0.05) is 32.4 Å². The van der Waals surface area contributed by atoms with Gasteiger partial charge in [0.05, 0.1) is 77.2 Å². The fourth-order valence-corrected chi connectivity index (χ4v) is 4.14. The van der Waals surface area contributed by atoms with Gasteiger partial charge < -0.3 is 28.6 Å². The molecule has 0 bridgehead atoms. The summed E-state index contributed by atoms with van der Waals surface area (Å²) in [5.74, 6) is -1.37. The molecule has 0 aliphatic carbocycles. The predicted molar refractivity (Wildman–Crippen MR) is 131 cm³/mol. The van der Waals surface area contributed by atoms with Gasteiger partial charge in [-0.25, -0.2) is 0 Å². The van der Waals surface area contributed by atoms with E-state index in [0.717, 1.165) is 4.90 Å². The monoisotopic (exact) mass is 506 g/mol. The second-order valence-corrected chi connectivity index (χ2v) is 8.74. The van der Waals surface area contributed by atoms with Crippen molar-refractivity contribution in [2.75, 3.05) is 79.2 Å². The molecule has 0 spiro atoms. The molecule has 1 aromatic carbocycles. The van der Waals surface area contributed by atoms with Crippen LogP contribution in [-0.4, -0.2) is 113 Å². The first-order valence-electron chi connectivity index (χ1n) is 12.7. The molecule has 3 rings (SSSR count). The van der Waals surface area contributed by atoms with Crippen molar-refractivity contribution in [3.05, 3.63) is 35.4 Å². The van der Waals surface area contributed by atoms with Crippen LogP contribution in [-0.2, 0) is 28.5 Å². The van der Waals surface area contributed by atoms with Gasteiger partial charge in [0, 0.05) is 13.1 Å². The highest BCUT2D eigenvalue weighted by Crippen LogP contribution is 2.29. The average molecular weight is 507 g/mol. The molecule has 3 amide bonds. The van der Waals surface area contributed by atoms with Crippen LogP contribution in [0.25, 0.3) is 0 Å². The van der Waals surface area contributed by atoms with Crippen LogP contribution < -0.4 is 0 Å².